The van der Waals surface area contributed by atoms with Gasteiger partial charge < -0.3 is 19.8 Å². The SMILES string of the molecule is CC1=CCC(C(=O)[O-])C(C(=O)[O-])C1.[Zn+2]. The third kappa shape index (κ3) is 2.91. The fraction of sp³-hybridized carbons (Fsp3) is 0.556. The maximum Gasteiger partial charge on any atom is 2.00 e. The molecule has 1 aliphatic carbocycles. The third-order valence-corrected chi connectivity index (χ3v) is 2.35. The second-order valence-corrected chi connectivity index (χ2v) is 3.34. The van der Waals surface area contributed by atoms with Crippen molar-refractivity contribution in [1.82, 2.24) is 0 Å². The van der Waals surface area contributed by atoms with Crippen LogP contribution in [0, 0.1) is 11.8 Å². The van der Waals surface area contributed by atoms with Gasteiger partial charge in [0.1, 0.15) is 0 Å². The number of carbonyl (C=O) groups is 2. The van der Waals surface area contributed by atoms with Crippen molar-refractivity contribution in [3.05, 3.63) is 11.6 Å². The summed E-state index contributed by atoms with van der Waals surface area (Å²) in [7, 11) is 0. The van der Waals surface area contributed by atoms with Crippen LogP contribution >= 0.6 is 0 Å². The molecule has 0 aliphatic heterocycles. The molecule has 1 aliphatic rings. The smallest absolute Gasteiger partial charge is 0.550 e. The number of rotatable bonds is 2. The van der Waals surface area contributed by atoms with Gasteiger partial charge in [-0.3, -0.25) is 0 Å². The Morgan fingerprint density at radius 2 is 1.79 bits per heavy atom. The van der Waals surface area contributed by atoms with Crippen LogP contribution in [0.15, 0.2) is 11.6 Å². The second kappa shape index (κ2) is 5.25. The van der Waals surface area contributed by atoms with Gasteiger partial charge in [0.05, 0.1) is 0 Å². The first kappa shape index (κ1) is 13.3. The Labute approximate surface area is 94.8 Å². The molecule has 14 heavy (non-hydrogen) atoms. The Bertz CT molecular complexity index is 272. The van der Waals surface area contributed by atoms with E-state index < -0.39 is 23.8 Å². The zero-order valence-electron chi connectivity index (χ0n) is 7.99. The van der Waals surface area contributed by atoms with Gasteiger partial charge in [0, 0.05) is 23.8 Å². The van der Waals surface area contributed by atoms with E-state index in [1.807, 2.05) is 0 Å². The van der Waals surface area contributed by atoms with E-state index in [1.165, 1.54) is 0 Å². The fourth-order valence-corrected chi connectivity index (χ4v) is 1.57. The molecular formula is C9H10O4Zn. The first-order valence-electron chi connectivity index (χ1n) is 4.09. The van der Waals surface area contributed by atoms with Crippen molar-refractivity contribution in [2.24, 2.45) is 11.8 Å². The molecule has 0 aromatic heterocycles. The van der Waals surface area contributed by atoms with Gasteiger partial charge in [-0.25, -0.2) is 0 Å². The quantitative estimate of drug-likeness (QED) is 0.437. The van der Waals surface area contributed by atoms with Gasteiger partial charge in [-0.1, -0.05) is 11.6 Å². The summed E-state index contributed by atoms with van der Waals surface area (Å²) in [5, 5.41) is 21.1. The second-order valence-electron chi connectivity index (χ2n) is 3.34. The molecule has 0 spiro atoms. The Hall–Kier alpha value is -0.697. The number of carboxylic acid groups (broad SMARTS) is 2. The minimum absolute atomic E-state index is 0. The van der Waals surface area contributed by atoms with Crippen LogP contribution in [0.25, 0.3) is 0 Å². The third-order valence-electron chi connectivity index (χ3n) is 2.35. The van der Waals surface area contributed by atoms with Crippen molar-refractivity contribution >= 4 is 11.9 Å². The van der Waals surface area contributed by atoms with Crippen molar-refractivity contribution < 1.29 is 39.3 Å². The van der Waals surface area contributed by atoms with Gasteiger partial charge >= 0.3 is 19.5 Å². The van der Waals surface area contributed by atoms with Crippen molar-refractivity contribution in [1.29, 1.82) is 0 Å². The van der Waals surface area contributed by atoms with E-state index >= 15 is 0 Å². The van der Waals surface area contributed by atoms with Gasteiger partial charge in [0.2, 0.25) is 0 Å². The van der Waals surface area contributed by atoms with Gasteiger partial charge in [0.15, 0.2) is 0 Å². The van der Waals surface area contributed by atoms with Crippen LogP contribution in [0.2, 0.25) is 0 Å². The average molecular weight is 248 g/mol. The summed E-state index contributed by atoms with van der Waals surface area (Å²) < 4.78 is 0. The van der Waals surface area contributed by atoms with E-state index in [0.29, 0.717) is 0 Å². The molecule has 0 aromatic carbocycles. The van der Waals surface area contributed by atoms with Crippen LogP contribution in [0.3, 0.4) is 0 Å². The average Bonchev–Trinajstić information content (AvgIpc) is 2.03. The molecule has 0 fully saturated rings. The largest absolute Gasteiger partial charge is 2.00 e. The molecule has 1 rings (SSSR count). The van der Waals surface area contributed by atoms with Gasteiger partial charge in [-0.2, -0.15) is 0 Å². The summed E-state index contributed by atoms with van der Waals surface area (Å²) in [5.74, 6) is -4.48. The first-order valence-corrected chi connectivity index (χ1v) is 4.09. The van der Waals surface area contributed by atoms with E-state index in [1.54, 1.807) is 13.0 Å². The van der Waals surface area contributed by atoms with Crippen molar-refractivity contribution in [2.75, 3.05) is 0 Å². The van der Waals surface area contributed by atoms with Gasteiger partial charge in [-0.15, -0.1) is 0 Å². The molecule has 0 saturated carbocycles. The van der Waals surface area contributed by atoms with Crippen LogP contribution in [0.4, 0.5) is 0 Å². The van der Waals surface area contributed by atoms with Gasteiger partial charge in [-0.05, 0) is 19.8 Å². The summed E-state index contributed by atoms with van der Waals surface area (Å²) in [5.41, 5.74) is 0.895. The molecule has 0 bridgehead atoms. The van der Waals surface area contributed by atoms with Crippen LogP contribution in [0.1, 0.15) is 19.8 Å². The first-order chi connectivity index (χ1) is 6.02. The molecule has 0 radical (unpaired) electrons. The van der Waals surface area contributed by atoms with Gasteiger partial charge in [0.25, 0.3) is 0 Å². The molecule has 72 valence electrons. The van der Waals surface area contributed by atoms with E-state index in [-0.39, 0.29) is 32.3 Å². The minimum atomic E-state index is -1.31. The zero-order chi connectivity index (χ0) is 10.0. The van der Waals surface area contributed by atoms with Crippen molar-refractivity contribution in [3.63, 3.8) is 0 Å². The molecule has 2 atom stereocenters. The van der Waals surface area contributed by atoms with E-state index in [2.05, 4.69) is 0 Å². The summed E-state index contributed by atoms with van der Waals surface area (Å²) >= 11 is 0. The van der Waals surface area contributed by atoms with E-state index in [0.717, 1.165) is 5.57 Å². The number of aliphatic carboxylic acids is 2. The predicted molar refractivity (Wildman–Crippen MR) is 40.0 cm³/mol. The Morgan fingerprint density at radius 1 is 1.29 bits per heavy atom. The van der Waals surface area contributed by atoms with Crippen molar-refractivity contribution in [3.8, 4) is 0 Å². The molecule has 0 N–H and O–H groups in total. The van der Waals surface area contributed by atoms with E-state index in [4.69, 9.17) is 0 Å². The fourth-order valence-electron chi connectivity index (χ4n) is 1.57. The van der Waals surface area contributed by atoms with Crippen LogP contribution in [-0.2, 0) is 29.1 Å². The molecule has 4 nitrogen and oxygen atoms in total. The van der Waals surface area contributed by atoms with Crippen molar-refractivity contribution in [2.45, 2.75) is 19.8 Å². The Morgan fingerprint density at radius 3 is 2.21 bits per heavy atom. The molecule has 2 unspecified atom stereocenters. The Balaban J connectivity index is 0.00000169. The zero-order valence-corrected chi connectivity index (χ0v) is 11.0. The minimum Gasteiger partial charge on any atom is -0.550 e. The maximum absolute atomic E-state index is 10.6. The topological polar surface area (TPSA) is 80.3 Å². The number of allylic oxidation sites excluding steroid dienone is 2. The maximum atomic E-state index is 10.6. The Kier molecular flexibility index (Phi) is 4.99. The van der Waals surface area contributed by atoms with Crippen LogP contribution < -0.4 is 10.2 Å². The molecular weight excluding hydrogens is 237 g/mol. The summed E-state index contributed by atoms with van der Waals surface area (Å²) in [4.78, 5) is 21.1. The molecule has 0 heterocycles. The summed E-state index contributed by atoms with van der Waals surface area (Å²) in [6, 6.07) is 0. The van der Waals surface area contributed by atoms with E-state index in [9.17, 15) is 19.8 Å². The van der Waals surface area contributed by atoms with Crippen LogP contribution in [-0.4, -0.2) is 11.9 Å². The number of carbonyl (C=O) groups excluding carboxylic acids is 2. The predicted octanol–water partition coefficient (Wildman–Crippen LogP) is -1.54. The number of carboxylic acids is 2. The molecule has 0 amide bonds. The van der Waals surface area contributed by atoms with Crippen LogP contribution in [0.5, 0.6) is 0 Å². The molecule has 0 aromatic rings. The normalized spacial score (nSPS) is 25.9. The number of hydrogen-bond donors (Lipinski definition) is 0. The molecule has 0 saturated heterocycles. The monoisotopic (exact) mass is 246 g/mol. The number of hydrogen-bond acceptors (Lipinski definition) is 4. The summed E-state index contributed by atoms with van der Waals surface area (Å²) in [6.45, 7) is 1.78. The standard InChI is InChI=1S/C9H12O4.Zn/c1-5-2-3-6(8(10)11)7(4-5)9(12)13;/h2,6-7H,3-4H2,1H3,(H,10,11)(H,12,13);/q;+2/p-2. The molecule has 5 heteroatoms. The summed E-state index contributed by atoms with van der Waals surface area (Å²) in [6.07, 6.45) is 2.22.